The van der Waals surface area contributed by atoms with E-state index in [2.05, 4.69) is 4.98 Å². The lowest BCUT2D eigenvalue weighted by atomic mass is 10.1. The third-order valence-corrected chi connectivity index (χ3v) is 5.37. The van der Waals surface area contributed by atoms with Crippen LogP contribution in [0.15, 0.2) is 17.2 Å². The number of sulfonamides is 1. The summed E-state index contributed by atoms with van der Waals surface area (Å²) < 4.78 is 32.0. The third kappa shape index (κ3) is 3.31. The molecule has 0 radical (unpaired) electrons. The third-order valence-electron chi connectivity index (χ3n) is 3.24. The Bertz CT molecular complexity index is 513. The topological polar surface area (TPSA) is 62.4 Å². The minimum Gasteiger partial charge on any atom is -0.377 e. The molecule has 0 aliphatic carbocycles. The molecule has 2 heterocycles. The first-order valence-electron chi connectivity index (χ1n) is 6.43. The molecule has 1 unspecified atom stereocenters. The van der Waals surface area contributed by atoms with Crippen LogP contribution in [0.4, 0.5) is 0 Å². The van der Waals surface area contributed by atoms with E-state index < -0.39 is 10.0 Å². The number of ether oxygens (including phenoxy) is 1. The number of aromatic amines is 1. The van der Waals surface area contributed by atoms with Gasteiger partial charge >= 0.3 is 0 Å². The number of hydrogen-bond donors (Lipinski definition) is 1. The monoisotopic (exact) mass is 306 g/mol. The van der Waals surface area contributed by atoms with E-state index in [4.69, 9.17) is 16.3 Å². The molecule has 0 spiro atoms. The van der Waals surface area contributed by atoms with Crippen LogP contribution in [0, 0.1) is 0 Å². The fourth-order valence-corrected chi connectivity index (χ4v) is 3.97. The zero-order valence-electron chi connectivity index (χ0n) is 10.9. The molecule has 0 saturated carbocycles. The summed E-state index contributed by atoms with van der Waals surface area (Å²) in [7, 11) is -3.44. The summed E-state index contributed by atoms with van der Waals surface area (Å²) in [6, 6.07) is 1.59. The van der Waals surface area contributed by atoms with Crippen molar-refractivity contribution in [3.63, 3.8) is 0 Å². The number of nitrogens with one attached hydrogen (secondary N) is 1. The second-order valence-electron chi connectivity index (χ2n) is 4.58. The van der Waals surface area contributed by atoms with Gasteiger partial charge in [0.25, 0.3) is 0 Å². The molecule has 1 aromatic rings. The van der Waals surface area contributed by atoms with Crippen molar-refractivity contribution in [2.75, 3.05) is 19.7 Å². The van der Waals surface area contributed by atoms with Crippen LogP contribution in [0.5, 0.6) is 0 Å². The Morgan fingerprint density at radius 3 is 3.00 bits per heavy atom. The van der Waals surface area contributed by atoms with Gasteiger partial charge in [0, 0.05) is 31.6 Å². The second kappa shape index (κ2) is 6.26. The first-order valence-corrected chi connectivity index (χ1v) is 8.40. The van der Waals surface area contributed by atoms with Gasteiger partial charge in [0.05, 0.1) is 16.9 Å². The number of H-pyrrole nitrogens is 1. The van der Waals surface area contributed by atoms with Crippen LogP contribution >= 0.6 is 11.6 Å². The average Bonchev–Trinajstić information content (AvgIpc) is 2.89. The van der Waals surface area contributed by atoms with Crippen molar-refractivity contribution in [1.29, 1.82) is 0 Å². The fraction of sp³-hybridized carbons (Fsp3) is 0.667. The summed E-state index contributed by atoms with van der Waals surface area (Å²) in [4.78, 5) is 3.15. The summed E-state index contributed by atoms with van der Waals surface area (Å²) in [5.41, 5.74) is 0.707. The summed E-state index contributed by atoms with van der Waals surface area (Å²) in [5, 5.41) is 0. The first-order chi connectivity index (χ1) is 9.07. The predicted octanol–water partition coefficient (Wildman–Crippen LogP) is 1.94. The van der Waals surface area contributed by atoms with E-state index in [0.717, 1.165) is 12.8 Å². The molecule has 1 aromatic heterocycles. The van der Waals surface area contributed by atoms with E-state index in [1.807, 2.05) is 6.92 Å². The van der Waals surface area contributed by atoms with Gasteiger partial charge in [-0.25, -0.2) is 8.42 Å². The quantitative estimate of drug-likeness (QED) is 0.846. The largest absolute Gasteiger partial charge is 0.377 e. The summed E-state index contributed by atoms with van der Waals surface area (Å²) in [6.07, 6.45) is 3.24. The molecule has 108 valence electrons. The van der Waals surface area contributed by atoms with E-state index in [9.17, 15) is 8.42 Å². The van der Waals surface area contributed by atoms with Crippen LogP contribution < -0.4 is 0 Å². The highest BCUT2D eigenvalue weighted by atomic mass is 35.5. The maximum atomic E-state index is 12.5. The van der Waals surface area contributed by atoms with Crippen molar-refractivity contribution in [3.05, 3.63) is 18.0 Å². The molecule has 2 rings (SSSR count). The van der Waals surface area contributed by atoms with E-state index in [1.165, 1.54) is 10.5 Å². The Labute approximate surface area is 118 Å². The van der Waals surface area contributed by atoms with Crippen molar-refractivity contribution in [3.8, 4) is 0 Å². The predicted molar refractivity (Wildman–Crippen MR) is 73.8 cm³/mol. The van der Waals surface area contributed by atoms with Gasteiger partial charge in [-0.3, -0.25) is 0 Å². The number of hydrogen-bond acceptors (Lipinski definition) is 3. The van der Waals surface area contributed by atoms with Crippen LogP contribution in [0.2, 0.25) is 0 Å². The van der Waals surface area contributed by atoms with Crippen LogP contribution in [-0.2, 0) is 20.6 Å². The lowest BCUT2D eigenvalue weighted by Gasteiger charge is -2.31. The van der Waals surface area contributed by atoms with Gasteiger partial charge in [0.1, 0.15) is 0 Å². The van der Waals surface area contributed by atoms with Crippen LogP contribution in [0.3, 0.4) is 0 Å². The number of rotatable bonds is 5. The molecular formula is C12H19ClN2O3S. The molecule has 7 heteroatoms. The van der Waals surface area contributed by atoms with Gasteiger partial charge in [-0.15, -0.1) is 11.6 Å². The Balaban J connectivity index is 2.14. The van der Waals surface area contributed by atoms with Crippen LogP contribution in [-0.4, -0.2) is 43.5 Å². The Morgan fingerprint density at radius 2 is 2.37 bits per heavy atom. The highest BCUT2D eigenvalue weighted by molar-refractivity contribution is 7.89. The van der Waals surface area contributed by atoms with Crippen molar-refractivity contribution in [1.82, 2.24) is 9.29 Å². The smallest absolute Gasteiger partial charge is 0.244 e. The summed E-state index contributed by atoms with van der Waals surface area (Å²) in [6.45, 7) is 3.51. The molecule has 1 aliphatic heterocycles. The number of alkyl halides is 1. The molecule has 19 heavy (non-hydrogen) atoms. The van der Waals surface area contributed by atoms with Gasteiger partial charge < -0.3 is 9.72 Å². The molecule has 1 N–H and O–H groups in total. The Hall–Kier alpha value is -0.560. The van der Waals surface area contributed by atoms with Gasteiger partial charge in [-0.05, 0) is 25.8 Å². The summed E-state index contributed by atoms with van der Waals surface area (Å²) in [5.74, 6) is 0.275. The maximum Gasteiger partial charge on any atom is 0.244 e. The maximum absolute atomic E-state index is 12.5. The van der Waals surface area contributed by atoms with Crippen molar-refractivity contribution in [2.24, 2.45) is 0 Å². The van der Waals surface area contributed by atoms with E-state index in [0.29, 0.717) is 25.4 Å². The minimum atomic E-state index is -3.44. The fourth-order valence-electron chi connectivity index (χ4n) is 2.29. The van der Waals surface area contributed by atoms with Crippen LogP contribution in [0.1, 0.15) is 25.5 Å². The van der Waals surface area contributed by atoms with Crippen molar-refractivity contribution in [2.45, 2.75) is 36.6 Å². The second-order valence-corrected chi connectivity index (χ2v) is 6.78. The van der Waals surface area contributed by atoms with Crippen molar-refractivity contribution >= 4 is 21.6 Å². The molecule has 5 nitrogen and oxygen atoms in total. The standard InChI is InChI=1S/C12H19ClN2O3S/c1-2-18-11-4-3-5-15(9-11)19(16,17)12-6-10(7-13)14-8-12/h6,8,11,14H,2-5,7,9H2,1H3. The molecule has 0 bridgehead atoms. The highest BCUT2D eigenvalue weighted by Gasteiger charge is 2.31. The molecule has 1 saturated heterocycles. The number of piperidine rings is 1. The molecule has 0 amide bonds. The molecule has 0 aromatic carbocycles. The SMILES string of the molecule is CCOC1CCCN(S(=O)(=O)c2c[nH]c(CCl)c2)C1. The minimum absolute atomic E-state index is 0.0000331. The van der Waals surface area contributed by atoms with E-state index in [1.54, 1.807) is 6.07 Å². The molecule has 1 atom stereocenters. The lowest BCUT2D eigenvalue weighted by Crippen LogP contribution is -2.43. The average molecular weight is 307 g/mol. The molecule has 1 aliphatic rings. The summed E-state index contributed by atoms with van der Waals surface area (Å²) >= 11 is 5.68. The van der Waals surface area contributed by atoms with E-state index in [-0.39, 0.29) is 16.9 Å². The van der Waals surface area contributed by atoms with Crippen molar-refractivity contribution < 1.29 is 13.2 Å². The molecule has 1 fully saturated rings. The van der Waals surface area contributed by atoms with Gasteiger partial charge in [-0.1, -0.05) is 0 Å². The zero-order valence-corrected chi connectivity index (χ0v) is 12.5. The highest BCUT2D eigenvalue weighted by Crippen LogP contribution is 2.22. The number of halogens is 1. The van der Waals surface area contributed by atoms with E-state index >= 15 is 0 Å². The normalized spacial score (nSPS) is 21.7. The molecular weight excluding hydrogens is 288 g/mol. The zero-order chi connectivity index (χ0) is 13.9. The first kappa shape index (κ1) is 14.8. The van der Waals surface area contributed by atoms with Gasteiger partial charge in [-0.2, -0.15) is 4.31 Å². The number of nitrogens with zero attached hydrogens (tertiary/aromatic N) is 1. The number of aromatic nitrogens is 1. The van der Waals surface area contributed by atoms with Gasteiger partial charge in [0.2, 0.25) is 10.0 Å². The Kier molecular flexibility index (Phi) is 4.89. The lowest BCUT2D eigenvalue weighted by molar-refractivity contribution is 0.0265. The van der Waals surface area contributed by atoms with Crippen LogP contribution in [0.25, 0.3) is 0 Å². The Morgan fingerprint density at radius 1 is 1.58 bits per heavy atom. The van der Waals surface area contributed by atoms with Gasteiger partial charge in [0.15, 0.2) is 0 Å².